The van der Waals surface area contributed by atoms with Gasteiger partial charge in [0.25, 0.3) is 10.0 Å². The fourth-order valence-corrected chi connectivity index (χ4v) is 4.51. The van der Waals surface area contributed by atoms with Gasteiger partial charge in [0, 0.05) is 23.3 Å². The zero-order valence-corrected chi connectivity index (χ0v) is 12.5. The molecule has 0 aromatic carbocycles. The van der Waals surface area contributed by atoms with Crippen molar-refractivity contribution in [3.63, 3.8) is 0 Å². The van der Waals surface area contributed by atoms with Crippen molar-refractivity contribution in [3.05, 3.63) is 47.4 Å². The number of thiazole rings is 1. The van der Waals surface area contributed by atoms with E-state index in [0.717, 1.165) is 5.56 Å². The molecule has 102 valence electrons. The second kappa shape index (κ2) is 5.31. The van der Waals surface area contributed by atoms with Crippen molar-refractivity contribution in [2.75, 3.05) is 4.72 Å². The molecule has 5 nitrogen and oxygen atoms in total. The molecule has 0 fully saturated rings. The fraction of sp³-hybridized carbons (Fsp3) is 0. The second-order valence-corrected chi connectivity index (χ2v) is 7.53. The summed E-state index contributed by atoms with van der Waals surface area (Å²) in [5.74, 6) is 0. The molecule has 0 saturated heterocycles. The van der Waals surface area contributed by atoms with Gasteiger partial charge in [0.1, 0.15) is 4.21 Å². The van der Waals surface area contributed by atoms with E-state index >= 15 is 0 Å². The molecule has 0 amide bonds. The number of nitrogens with one attached hydrogen (secondary N) is 1. The number of hydrogen-bond acceptors (Lipinski definition) is 6. The van der Waals surface area contributed by atoms with E-state index in [1.165, 1.54) is 22.7 Å². The largest absolute Gasteiger partial charge is 0.273 e. The number of sulfonamides is 1. The van der Waals surface area contributed by atoms with Gasteiger partial charge in [-0.05, 0) is 23.6 Å². The summed E-state index contributed by atoms with van der Waals surface area (Å²) in [7, 11) is -3.54. The number of nitrogens with zero attached hydrogens (tertiary/aromatic N) is 2. The van der Waals surface area contributed by atoms with Crippen LogP contribution in [0.5, 0.6) is 0 Å². The molecule has 3 aromatic heterocycles. The van der Waals surface area contributed by atoms with Crippen LogP contribution in [0.15, 0.2) is 51.6 Å². The molecule has 1 N–H and O–H groups in total. The second-order valence-electron chi connectivity index (χ2n) is 3.82. The fourth-order valence-electron chi connectivity index (χ4n) is 1.55. The predicted octanol–water partition coefficient (Wildman–Crippen LogP) is 3.07. The lowest BCUT2D eigenvalue weighted by molar-refractivity contribution is 0.603. The minimum Gasteiger partial charge on any atom is -0.264 e. The van der Waals surface area contributed by atoms with Crippen LogP contribution in [0.2, 0.25) is 0 Å². The normalized spacial score (nSPS) is 11.4. The van der Waals surface area contributed by atoms with Crippen LogP contribution in [0.4, 0.5) is 5.13 Å². The van der Waals surface area contributed by atoms with Gasteiger partial charge in [-0.15, -0.1) is 22.7 Å². The van der Waals surface area contributed by atoms with Crippen molar-refractivity contribution in [1.82, 2.24) is 9.97 Å². The topological polar surface area (TPSA) is 72.0 Å². The molecule has 0 unspecified atom stereocenters. The summed E-state index contributed by atoms with van der Waals surface area (Å²) >= 11 is 2.41. The van der Waals surface area contributed by atoms with Crippen molar-refractivity contribution in [3.8, 4) is 11.3 Å². The van der Waals surface area contributed by atoms with E-state index in [9.17, 15) is 8.42 Å². The highest BCUT2D eigenvalue weighted by atomic mass is 32.2. The summed E-state index contributed by atoms with van der Waals surface area (Å²) < 4.78 is 26.9. The maximum Gasteiger partial charge on any atom is 0.273 e. The van der Waals surface area contributed by atoms with Crippen LogP contribution in [0.1, 0.15) is 0 Å². The number of hydrogen-bond donors (Lipinski definition) is 1. The van der Waals surface area contributed by atoms with Gasteiger partial charge >= 0.3 is 0 Å². The number of pyridine rings is 1. The van der Waals surface area contributed by atoms with Gasteiger partial charge in [-0.2, -0.15) is 0 Å². The third-order valence-corrected chi connectivity index (χ3v) is 6.07. The Labute approximate surface area is 124 Å². The maximum atomic E-state index is 12.1. The van der Waals surface area contributed by atoms with Crippen molar-refractivity contribution < 1.29 is 8.42 Å². The smallest absolute Gasteiger partial charge is 0.264 e. The molecule has 0 aliphatic carbocycles. The van der Waals surface area contributed by atoms with E-state index in [0.29, 0.717) is 10.8 Å². The van der Waals surface area contributed by atoms with E-state index in [4.69, 9.17) is 0 Å². The van der Waals surface area contributed by atoms with E-state index in [2.05, 4.69) is 14.7 Å². The zero-order valence-electron chi connectivity index (χ0n) is 10.1. The van der Waals surface area contributed by atoms with Gasteiger partial charge < -0.3 is 0 Å². The Morgan fingerprint density at radius 1 is 1.15 bits per heavy atom. The van der Waals surface area contributed by atoms with Crippen LogP contribution >= 0.6 is 22.7 Å². The number of thiophene rings is 1. The first-order valence-electron chi connectivity index (χ1n) is 5.57. The van der Waals surface area contributed by atoms with Crippen LogP contribution in [0, 0.1) is 0 Å². The van der Waals surface area contributed by atoms with E-state index in [1.807, 2.05) is 12.1 Å². The monoisotopic (exact) mass is 323 g/mol. The molecular formula is C12H9N3O2S3. The van der Waals surface area contributed by atoms with E-state index < -0.39 is 10.0 Å². The molecular weight excluding hydrogens is 314 g/mol. The summed E-state index contributed by atoms with van der Waals surface area (Å²) in [6, 6.07) is 6.94. The minimum atomic E-state index is -3.54. The molecule has 8 heteroatoms. The lowest BCUT2D eigenvalue weighted by atomic mass is 10.2. The molecule has 20 heavy (non-hydrogen) atoms. The SMILES string of the molecule is O=S(=O)(Nc1nc(-c2cccnc2)cs1)c1cccs1. The Morgan fingerprint density at radius 2 is 2.05 bits per heavy atom. The summed E-state index contributed by atoms with van der Waals surface area (Å²) in [4.78, 5) is 8.28. The number of anilines is 1. The molecule has 0 aliphatic rings. The molecule has 3 rings (SSSR count). The van der Waals surface area contributed by atoms with Crippen molar-refractivity contribution >= 4 is 37.8 Å². The molecule has 0 spiro atoms. The first kappa shape index (κ1) is 13.2. The Balaban J connectivity index is 1.85. The first-order valence-corrected chi connectivity index (χ1v) is 8.82. The standard InChI is InChI=1S/C12H9N3O2S3/c16-20(17,11-4-2-6-18-11)15-12-14-10(8-19-12)9-3-1-5-13-7-9/h1-8H,(H,14,15). The predicted molar refractivity (Wildman–Crippen MR) is 80.5 cm³/mol. The highest BCUT2D eigenvalue weighted by Gasteiger charge is 2.17. The molecule has 3 heterocycles. The van der Waals surface area contributed by atoms with Crippen LogP contribution in [0.3, 0.4) is 0 Å². The maximum absolute atomic E-state index is 12.1. The van der Waals surface area contributed by atoms with Crippen LogP contribution in [0.25, 0.3) is 11.3 Å². The van der Waals surface area contributed by atoms with E-state index in [-0.39, 0.29) is 4.21 Å². The lowest BCUT2D eigenvalue weighted by Crippen LogP contribution is -2.11. The number of rotatable bonds is 4. The molecule has 0 saturated carbocycles. The van der Waals surface area contributed by atoms with Gasteiger partial charge in [-0.25, -0.2) is 13.4 Å². The van der Waals surface area contributed by atoms with Crippen molar-refractivity contribution in [2.45, 2.75) is 4.21 Å². The molecule has 0 radical (unpaired) electrons. The molecule has 0 aliphatic heterocycles. The third kappa shape index (κ3) is 2.72. The van der Waals surface area contributed by atoms with Crippen molar-refractivity contribution in [1.29, 1.82) is 0 Å². The summed E-state index contributed by atoms with van der Waals surface area (Å²) in [6.45, 7) is 0. The summed E-state index contributed by atoms with van der Waals surface area (Å²) in [5.41, 5.74) is 1.55. The highest BCUT2D eigenvalue weighted by Crippen LogP contribution is 2.26. The van der Waals surface area contributed by atoms with Gasteiger partial charge in [0.15, 0.2) is 5.13 Å². The Bertz CT molecular complexity index is 796. The average molecular weight is 323 g/mol. The van der Waals surface area contributed by atoms with Gasteiger partial charge in [0.2, 0.25) is 0 Å². The van der Waals surface area contributed by atoms with E-state index in [1.54, 1.807) is 35.3 Å². The molecule has 0 bridgehead atoms. The lowest BCUT2D eigenvalue weighted by Gasteiger charge is -2.01. The summed E-state index contributed by atoms with van der Waals surface area (Å²) in [6.07, 6.45) is 3.36. The van der Waals surface area contributed by atoms with Gasteiger partial charge in [0.05, 0.1) is 5.69 Å². The Morgan fingerprint density at radius 3 is 2.75 bits per heavy atom. The van der Waals surface area contributed by atoms with Crippen LogP contribution < -0.4 is 4.72 Å². The average Bonchev–Trinajstić information content (AvgIpc) is 3.10. The van der Waals surface area contributed by atoms with Gasteiger partial charge in [-0.3, -0.25) is 9.71 Å². The van der Waals surface area contributed by atoms with Crippen molar-refractivity contribution in [2.24, 2.45) is 0 Å². The minimum absolute atomic E-state index is 0.274. The van der Waals surface area contributed by atoms with Crippen LogP contribution in [-0.2, 0) is 10.0 Å². The Hall–Kier alpha value is -1.77. The zero-order chi connectivity index (χ0) is 14.0. The first-order chi connectivity index (χ1) is 9.65. The molecule has 0 atom stereocenters. The van der Waals surface area contributed by atoms with Crippen LogP contribution in [-0.4, -0.2) is 18.4 Å². The summed E-state index contributed by atoms with van der Waals surface area (Å²) in [5, 5.41) is 3.86. The quantitative estimate of drug-likeness (QED) is 0.801. The Kier molecular flexibility index (Phi) is 3.51. The molecule has 3 aromatic rings. The number of aromatic nitrogens is 2. The third-order valence-electron chi connectivity index (χ3n) is 2.44. The van der Waals surface area contributed by atoms with Gasteiger partial charge in [-0.1, -0.05) is 6.07 Å². The highest BCUT2D eigenvalue weighted by molar-refractivity contribution is 7.94.